The smallest absolute Gasteiger partial charge is 0.262 e. The molecule has 0 aliphatic heterocycles. The highest BCUT2D eigenvalue weighted by atomic mass is 32.2. The molecule has 3 rings (SSSR count). The lowest BCUT2D eigenvalue weighted by Gasteiger charge is -2.13. The van der Waals surface area contributed by atoms with Crippen LogP contribution < -0.4 is 4.72 Å². The Morgan fingerprint density at radius 1 is 1.05 bits per heavy atom. The average Bonchev–Trinajstić information content (AvgIpc) is 2.82. The van der Waals surface area contributed by atoms with Crippen LogP contribution in [0.2, 0.25) is 0 Å². The molecule has 0 fully saturated rings. The molecule has 2 aromatic carbocycles. The Balaban J connectivity index is 2.04. The Bertz CT molecular complexity index is 938. The molecule has 0 aliphatic rings. The summed E-state index contributed by atoms with van der Waals surface area (Å²) in [6, 6.07) is 10.3. The zero-order valence-electron chi connectivity index (χ0n) is 12.5. The van der Waals surface area contributed by atoms with Gasteiger partial charge < -0.3 is 4.42 Å². The first-order valence-electron chi connectivity index (χ1n) is 6.83. The number of para-hydroxylation sites is 1. The molecule has 0 amide bonds. The van der Waals surface area contributed by atoms with Crippen molar-refractivity contribution in [3.05, 3.63) is 53.4 Å². The van der Waals surface area contributed by atoms with Crippen molar-refractivity contribution in [1.82, 2.24) is 4.98 Å². The van der Waals surface area contributed by atoms with Gasteiger partial charge in [-0.25, -0.2) is 13.4 Å². The Morgan fingerprint density at radius 3 is 2.41 bits per heavy atom. The van der Waals surface area contributed by atoms with Crippen molar-refractivity contribution >= 4 is 26.8 Å². The van der Waals surface area contributed by atoms with E-state index < -0.39 is 10.0 Å². The van der Waals surface area contributed by atoms with E-state index in [-0.39, 0.29) is 4.90 Å². The molecule has 1 heterocycles. The van der Waals surface area contributed by atoms with Crippen molar-refractivity contribution in [3.63, 3.8) is 0 Å². The second-order valence-corrected chi connectivity index (χ2v) is 6.92. The fraction of sp³-hybridized carbons (Fsp3) is 0.188. The number of anilines is 1. The maximum Gasteiger partial charge on any atom is 0.262 e. The van der Waals surface area contributed by atoms with Crippen LogP contribution >= 0.6 is 0 Å². The minimum atomic E-state index is -3.68. The molecule has 0 atom stereocenters. The van der Waals surface area contributed by atoms with Gasteiger partial charge in [-0.15, -0.1) is 0 Å². The summed E-state index contributed by atoms with van der Waals surface area (Å²) in [4.78, 5) is 4.32. The van der Waals surface area contributed by atoms with Gasteiger partial charge in [0.25, 0.3) is 10.0 Å². The van der Waals surface area contributed by atoms with Gasteiger partial charge in [0.1, 0.15) is 5.52 Å². The third-order valence-electron chi connectivity index (χ3n) is 3.49. The third kappa shape index (κ3) is 2.57. The summed E-state index contributed by atoms with van der Waals surface area (Å²) in [6.45, 7) is 5.46. The number of nitrogens with zero attached hydrogens (tertiary/aromatic N) is 1. The number of aromatic nitrogens is 1. The maximum absolute atomic E-state index is 12.6. The van der Waals surface area contributed by atoms with Gasteiger partial charge in [0.2, 0.25) is 0 Å². The van der Waals surface area contributed by atoms with Crippen LogP contribution in [0.25, 0.3) is 11.1 Å². The van der Waals surface area contributed by atoms with Crippen LogP contribution in [-0.2, 0) is 10.0 Å². The minimum Gasteiger partial charge on any atom is -0.441 e. The predicted octanol–water partition coefficient (Wildman–Crippen LogP) is 3.55. The van der Waals surface area contributed by atoms with E-state index in [4.69, 9.17) is 4.42 Å². The van der Waals surface area contributed by atoms with Gasteiger partial charge in [0.05, 0.1) is 10.6 Å². The summed E-state index contributed by atoms with van der Waals surface area (Å²) in [5, 5.41) is 0. The van der Waals surface area contributed by atoms with Gasteiger partial charge in [-0.2, -0.15) is 0 Å². The molecule has 0 spiro atoms. The van der Waals surface area contributed by atoms with Crippen LogP contribution in [0.1, 0.15) is 17.0 Å². The van der Waals surface area contributed by atoms with Crippen molar-refractivity contribution in [3.8, 4) is 0 Å². The van der Waals surface area contributed by atoms with Gasteiger partial charge >= 0.3 is 0 Å². The molecule has 3 aromatic rings. The first-order chi connectivity index (χ1) is 10.4. The first-order valence-corrected chi connectivity index (χ1v) is 8.31. The number of hydrogen-bond donors (Lipinski definition) is 1. The van der Waals surface area contributed by atoms with Crippen molar-refractivity contribution < 1.29 is 12.8 Å². The van der Waals surface area contributed by atoms with Crippen LogP contribution in [0.15, 0.2) is 45.7 Å². The molecule has 0 aliphatic carbocycles. The number of benzene rings is 2. The number of fused-ring (bicyclic) bond motifs is 1. The van der Waals surface area contributed by atoms with Crippen LogP contribution in [0.5, 0.6) is 0 Å². The van der Waals surface area contributed by atoms with E-state index >= 15 is 0 Å². The quantitative estimate of drug-likeness (QED) is 0.802. The second-order valence-electron chi connectivity index (χ2n) is 5.23. The highest BCUT2D eigenvalue weighted by molar-refractivity contribution is 7.92. The summed E-state index contributed by atoms with van der Waals surface area (Å²) in [5.41, 5.74) is 3.46. The van der Waals surface area contributed by atoms with Crippen LogP contribution in [-0.4, -0.2) is 13.4 Å². The van der Waals surface area contributed by atoms with Gasteiger partial charge in [-0.05, 0) is 37.1 Å². The van der Waals surface area contributed by atoms with Crippen molar-refractivity contribution in [2.45, 2.75) is 25.7 Å². The van der Waals surface area contributed by atoms with Crippen molar-refractivity contribution in [1.29, 1.82) is 0 Å². The van der Waals surface area contributed by atoms with Gasteiger partial charge in [-0.3, -0.25) is 4.72 Å². The summed E-state index contributed by atoms with van der Waals surface area (Å²) in [6.07, 6.45) is 0. The number of hydrogen-bond acceptors (Lipinski definition) is 4. The molecule has 22 heavy (non-hydrogen) atoms. The van der Waals surface area contributed by atoms with E-state index in [9.17, 15) is 8.42 Å². The third-order valence-corrected chi connectivity index (χ3v) is 4.84. The Labute approximate surface area is 129 Å². The Hall–Kier alpha value is -2.34. The largest absolute Gasteiger partial charge is 0.441 e. The number of sulfonamides is 1. The molecule has 1 aromatic heterocycles. The summed E-state index contributed by atoms with van der Waals surface area (Å²) >= 11 is 0. The number of nitrogens with one attached hydrogen (secondary N) is 1. The van der Waals surface area contributed by atoms with Gasteiger partial charge in [0, 0.05) is 13.0 Å². The van der Waals surface area contributed by atoms with Crippen LogP contribution in [0.3, 0.4) is 0 Å². The monoisotopic (exact) mass is 316 g/mol. The molecule has 114 valence electrons. The molecule has 0 unspecified atom stereocenters. The fourth-order valence-corrected chi connectivity index (χ4v) is 3.57. The predicted molar refractivity (Wildman–Crippen MR) is 85.5 cm³/mol. The standard InChI is InChI=1S/C16H16N2O3S/c1-10-5-4-6-11(2)16(10)18-22(19,20)13-7-8-14-15(9-13)21-12(3)17-14/h4-9,18H,1-3H3. The van der Waals surface area contributed by atoms with Crippen molar-refractivity contribution in [2.75, 3.05) is 4.72 Å². The molecular formula is C16H16N2O3S. The number of aryl methyl sites for hydroxylation is 3. The van der Waals surface area contributed by atoms with E-state index in [1.54, 1.807) is 13.0 Å². The Kier molecular flexibility index (Phi) is 3.41. The molecule has 5 nitrogen and oxygen atoms in total. The van der Waals surface area contributed by atoms with E-state index in [0.717, 1.165) is 11.1 Å². The van der Waals surface area contributed by atoms with Crippen LogP contribution in [0.4, 0.5) is 5.69 Å². The molecule has 0 saturated carbocycles. The Morgan fingerprint density at radius 2 is 1.73 bits per heavy atom. The molecule has 0 bridgehead atoms. The van der Waals surface area contributed by atoms with E-state index in [1.807, 2.05) is 32.0 Å². The van der Waals surface area contributed by atoms with Gasteiger partial charge in [0.15, 0.2) is 11.5 Å². The van der Waals surface area contributed by atoms with E-state index in [1.165, 1.54) is 12.1 Å². The number of rotatable bonds is 3. The van der Waals surface area contributed by atoms with Gasteiger partial charge in [-0.1, -0.05) is 18.2 Å². The lowest BCUT2D eigenvalue weighted by molar-refractivity contribution is 0.559. The van der Waals surface area contributed by atoms with Crippen LogP contribution in [0, 0.1) is 20.8 Å². The molecule has 1 N–H and O–H groups in total. The summed E-state index contributed by atoms with van der Waals surface area (Å²) in [7, 11) is -3.68. The van der Waals surface area contributed by atoms with Crippen molar-refractivity contribution in [2.24, 2.45) is 0 Å². The summed E-state index contributed by atoms with van der Waals surface area (Å²) in [5.74, 6) is 0.507. The lowest BCUT2D eigenvalue weighted by Crippen LogP contribution is -2.14. The molecule has 0 radical (unpaired) electrons. The van der Waals surface area contributed by atoms with E-state index in [0.29, 0.717) is 22.7 Å². The fourth-order valence-electron chi connectivity index (χ4n) is 2.36. The minimum absolute atomic E-state index is 0.152. The average molecular weight is 316 g/mol. The first kappa shape index (κ1) is 14.6. The summed E-state index contributed by atoms with van der Waals surface area (Å²) < 4.78 is 33.2. The topological polar surface area (TPSA) is 72.2 Å². The lowest BCUT2D eigenvalue weighted by atomic mass is 10.1. The number of oxazole rings is 1. The zero-order valence-corrected chi connectivity index (χ0v) is 13.4. The zero-order chi connectivity index (χ0) is 15.9. The highest BCUT2D eigenvalue weighted by Gasteiger charge is 2.18. The normalized spacial score (nSPS) is 11.8. The molecule has 6 heteroatoms. The SMILES string of the molecule is Cc1nc2ccc(S(=O)(=O)Nc3c(C)cccc3C)cc2o1. The highest BCUT2D eigenvalue weighted by Crippen LogP contribution is 2.25. The molecular weight excluding hydrogens is 300 g/mol. The maximum atomic E-state index is 12.6. The van der Waals surface area contributed by atoms with E-state index in [2.05, 4.69) is 9.71 Å². The second kappa shape index (κ2) is 5.14. The molecule has 0 saturated heterocycles.